The van der Waals surface area contributed by atoms with Crippen molar-refractivity contribution < 1.29 is 33.4 Å². The third kappa shape index (κ3) is 9.09. The van der Waals surface area contributed by atoms with Crippen molar-refractivity contribution in [3.63, 3.8) is 0 Å². The lowest BCUT2D eigenvalue weighted by atomic mass is 9.87. The van der Waals surface area contributed by atoms with E-state index in [0.717, 1.165) is 25.7 Å². The first-order chi connectivity index (χ1) is 20.8. The smallest absolute Gasteiger partial charge is 0.410 e. The molecule has 2 atom stereocenters. The molecule has 1 aromatic carbocycles. The van der Waals surface area contributed by atoms with Gasteiger partial charge in [0, 0.05) is 58.0 Å². The molecule has 1 aliphatic heterocycles. The average Bonchev–Trinajstić information content (AvgIpc) is 3.87. The Bertz CT molecular complexity index is 1210. The number of methoxy groups -OCH3 is 1. The number of amides is 4. The topological polar surface area (TPSA) is 118 Å². The molecule has 4 amide bonds. The number of carbonyl (C=O) groups is 4. The molecule has 4 rings (SSSR count). The maximum atomic E-state index is 14.4. The minimum Gasteiger partial charge on any atom is -0.489 e. The number of carbonyl (C=O) groups excluding carboxylic acids is 4. The highest BCUT2D eigenvalue weighted by Crippen LogP contribution is 2.40. The van der Waals surface area contributed by atoms with Gasteiger partial charge in [-0.05, 0) is 91.3 Å². The zero-order valence-electron chi connectivity index (χ0n) is 27.4. The molecule has 0 aromatic heterocycles. The minimum absolute atomic E-state index is 0.00197. The number of rotatable bonds is 12. The highest BCUT2D eigenvalue weighted by atomic mass is 16.6. The first-order valence-electron chi connectivity index (χ1n) is 16.0. The summed E-state index contributed by atoms with van der Waals surface area (Å²) in [6.45, 7) is 12.1. The second-order valence-corrected chi connectivity index (χ2v) is 13.6. The molecule has 2 saturated carbocycles. The van der Waals surface area contributed by atoms with Gasteiger partial charge in [0.2, 0.25) is 17.7 Å². The van der Waals surface area contributed by atoms with Crippen LogP contribution in [0.2, 0.25) is 0 Å². The van der Waals surface area contributed by atoms with Gasteiger partial charge in [-0.1, -0.05) is 0 Å². The van der Waals surface area contributed by atoms with Crippen molar-refractivity contribution in [3.8, 4) is 5.75 Å². The van der Waals surface area contributed by atoms with E-state index in [1.807, 2.05) is 32.0 Å². The first-order valence-corrected chi connectivity index (χ1v) is 16.0. The van der Waals surface area contributed by atoms with E-state index in [9.17, 15) is 19.2 Å². The highest BCUT2D eigenvalue weighted by molar-refractivity contribution is 5.99. The van der Waals surface area contributed by atoms with E-state index in [-0.39, 0.29) is 49.0 Å². The maximum Gasteiger partial charge on any atom is 0.410 e. The van der Waals surface area contributed by atoms with Crippen LogP contribution in [0.25, 0.3) is 0 Å². The summed E-state index contributed by atoms with van der Waals surface area (Å²) in [5, 5.41) is 3.06. The number of piperidine rings is 1. The molecular formula is C33H50N4O7. The SMILES string of the molecule is COCCCN(C(C)=O)c1cc(N(C(=O)[C@@H]2C[C@H](C(=O)NC3CC3)CN(C(=O)OC(C)(C)C)C2)C2CC2)ccc1OC(C)C. The number of anilines is 2. The lowest BCUT2D eigenvalue weighted by Gasteiger charge is -2.39. The summed E-state index contributed by atoms with van der Waals surface area (Å²) in [6.07, 6.45) is 3.95. The fourth-order valence-corrected chi connectivity index (χ4v) is 5.57. The molecule has 11 heteroatoms. The van der Waals surface area contributed by atoms with Crippen LogP contribution in [0, 0.1) is 11.8 Å². The van der Waals surface area contributed by atoms with Gasteiger partial charge in [-0.15, -0.1) is 0 Å². The molecular weight excluding hydrogens is 564 g/mol. The van der Waals surface area contributed by atoms with Crippen molar-refractivity contribution in [1.29, 1.82) is 0 Å². The molecule has 244 valence electrons. The molecule has 44 heavy (non-hydrogen) atoms. The van der Waals surface area contributed by atoms with Crippen molar-refractivity contribution in [1.82, 2.24) is 10.2 Å². The summed E-state index contributed by atoms with van der Waals surface area (Å²) in [4.78, 5) is 58.6. The molecule has 1 N–H and O–H groups in total. The summed E-state index contributed by atoms with van der Waals surface area (Å²) in [6, 6.07) is 5.71. The molecule has 0 radical (unpaired) electrons. The van der Waals surface area contributed by atoms with Crippen LogP contribution >= 0.6 is 0 Å². The van der Waals surface area contributed by atoms with Gasteiger partial charge in [-0.25, -0.2) is 4.79 Å². The number of nitrogens with one attached hydrogen (secondary N) is 1. The van der Waals surface area contributed by atoms with Gasteiger partial charge in [0.1, 0.15) is 11.4 Å². The third-order valence-electron chi connectivity index (χ3n) is 7.88. The maximum absolute atomic E-state index is 14.4. The zero-order valence-corrected chi connectivity index (χ0v) is 27.4. The Hall–Kier alpha value is -3.34. The molecule has 2 aliphatic carbocycles. The van der Waals surface area contributed by atoms with Crippen LogP contribution in [-0.4, -0.2) is 85.9 Å². The van der Waals surface area contributed by atoms with E-state index in [0.29, 0.717) is 43.1 Å². The Morgan fingerprint density at radius 2 is 1.73 bits per heavy atom. The Morgan fingerprint density at radius 3 is 2.30 bits per heavy atom. The molecule has 3 aliphatic rings. The van der Waals surface area contributed by atoms with Gasteiger partial charge in [0.05, 0.1) is 23.6 Å². The number of nitrogens with zero attached hydrogens (tertiary/aromatic N) is 3. The predicted octanol–water partition coefficient (Wildman–Crippen LogP) is 4.51. The van der Waals surface area contributed by atoms with E-state index in [4.69, 9.17) is 14.2 Å². The molecule has 3 fully saturated rings. The van der Waals surface area contributed by atoms with E-state index in [1.54, 1.807) is 37.7 Å². The predicted molar refractivity (Wildman–Crippen MR) is 168 cm³/mol. The monoisotopic (exact) mass is 614 g/mol. The van der Waals surface area contributed by atoms with Gasteiger partial charge in [-0.2, -0.15) is 0 Å². The third-order valence-corrected chi connectivity index (χ3v) is 7.88. The fourth-order valence-electron chi connectivity index (χ4n) is 5.57. The normalized spacial score (nSPS) is 20.2. The van der Waals surface area contributed by atoms with Crippen molar-refractivity contribution in [2.24, 2.45) is 11.8 Å². The van der Waals surface area contributed by atoms with Crippen LogP contribution in [0.3, 0.4) is 0 Å². The van der Waals surface area contributed by atoms with E-state index in [2.05, 4.69) is 5.32 Å². The first kappa shape index (κ1) is 33.6. The van der Waals surface area contributed by atoms with Crippen molar-refractivity contribution in [2.75, 3.05) is 43.2 Å². The Balaban J connectivity index is 1.65. The summed E-state index contributed by atoms with van der Waals surface area (Å²) in [5.74, 6) is -0.943. The second-order valence-electron chi connectivity index (χ2n) is 13.6. The van der Waals surface area contributed by atoms with Gasteiger partial charge < -0.3 is 34.2 Å². The number of benzene rings is 1. The van der Waals surface area contributed by atoms with Crippen LogP contribution in [0.4, 0.5) is 16.2 Å². The molecule has 11 nitrogen and oxygen atoms in total. The highest BCUT2D eigenvalue weighted by Gasteiger charge is 2.44. The zero-order chi connectivity index (χ0) is 32.2. The van der Waals surface area contributed by atoms with E-state index >= 15 is 0 Å². The Kier molecular flexibility index (Phi) is 10.8. The molecule has 1 aromatic rings. The summed E-state index contributed by atoms with van der Waals surface area (Å²) in [5.41, 5.74) is 0.552. The Morgan fingerprint density at radius 1 is 1.05 bits per heavy atom. The van der Waals surface area contributed by atoms with Crippen LogP contribution in [0.1, 0.15) is 80.1 Å². The number of hydrogen-bond acceptors (Lipinski definition) is 7. The molecule has 0 bridgehead atoms. The number of ether oxygens (including phenoxy) is 3. The fraction of sp³-hybridized carbons (Fsp3) is 0.697. The minimum atomic E-state index is -0.706. The van der Waals surface area contributed by atoms with E-state index in [1.165, 1.54) is 11.8 Å². The quantitative estimate of drug-likeness (QED) is 0.344. The van der Waals surface area contributed by atoms with Crippen molar-refractivity contribution in [2.45, 2.75) is 104 Å². The van der Waals surface area contributed by atoms with Crippen molar-refractivity contribution in [3.05, 3.63) is 18.2 Å². The average molecular weight is 615 g/mol. The molecule has 0 spiro atoms. The van der Waals surface area contributed by atoms with Gasteiger partial charge in [0.15, 0.2) is 0 Å². The Labute approximate surface area is 261 Å². The molecule has 0 unspecified atom stereocenters. The van der Waals surface area contributed by atoms with Crippen LogP contribution in [-0.2, 0) is 23.9 Å². The lowest BCUT2D eigenvalue weighted by molar-refractivity contribution is -0.130. The van der Waals surface area contributed by atoms with Crippen LogP contribution in [0.15, 0.2) is 18.2 Å². The summed E-state index contributed by atoms with van der Waals surface area (Å²) >= 11 is 0. The second kappa shape index (κ2) is 14.2. The van der Waals surface area contributed by atoms with Gasteiger partial charge in [0.25, 0.3) is 0 Å². The number of likely N-dealkylation sites (tertiary alicyclic amines) is 1. The summed E-state index contributed by atoms with van der Waals surface area (Å²) in [7, 11) is 1.63. The number of hydrogen-bond donors (Lipinski definition) is 1. The molecule has 1 heterocycles. The standard InChI is InChI=1S/C33H50N4O7/c1-21(2)43-29-14-13-27(18-28(29)36(22(3)38)15-8-16-42-7)37(26-11-12-26)31(40)24-17-23(30(39)34-25-9-10-25)19-35(20-24)32(41)44-33(4,5)6/h13-14,18,21,23-26H,8-12,15-17,19-20H2,1-7H3,(H,34,39)/t23-,24+/m0/s1. The van der Waals surface area contributed by atoms with E-state index < -0.39 is 23.5 Å². The lowest BCUT2D eigenvalue weighted by Crippen LogP contribution is -2.54. The van der Waals surface area contributed by atoms with Gasteiger partial charge in [-0.3, -0.25) is 14.4 Å². The van der Waals surface area contributed by atoms with Crippen molar-refractivity contribution >= 4 is 35.2 Å². The van der Waals surface area contributed by atoms with Gasteiger partial charge >= 0.3 is 6.09 Å². The molecule has 1 saturated heterocycles. The largest absolute Gasteiger partial charge is 0.489 e. The van der Waals surface area contributed by atoms with Crippen LogP contribution < -0.4 is 19.9 Å². The van der Waals surface area contributed by atoms with Crippen LogP contribution in [0.5, 0.6) is 5.75 Å². The summed E-state index contributed by atoms with van der Waals surface area (Å²) < 4.78 is 17.0.